The zero-order chi connectivity index (χ0) is 17.2. The number of halogens is 1. The van der Waals surface area contributed by atoms with Crippen molar-refractivity contribution in [3.05, 3.63) is 30.1 Å². The number of carbonyl (C=O) groups is 1. The zero-order valence-corrected chi connectivity index (χ0v) is 15.2. The lowest BCUT2D eigenvalue weighted by Gasteiger charge is -2.17. The highest BCUT2D eigenvalue weighted by Gasteiger charge is 2.42. The van der Waals surface area contributed by atoms with Crippen molar-refractivity contribution < 1.29 is 9.18 Å². The van der Waals surface area contributed by atoms with Gasteiger partial charge in [-0.25, -0.2) is 4.39 Å². The fraction of sp³-hybridized carbons (Fsp3) is 0.471. The Kier molecular flexibility index (Phi) is 4.89. The molecule has 2 fully saturated rings. The van der Waals surface area contributed by atoms with Gasteiger partial charge in [0.05, 0.1) is 11.4 Å². The van der Waals surface area contributed by atoms with E-state index in [1.54, 1.807) is 18.2 Å². The molecule has 0 unspecified atom stereocenters. The quantitative estimate of drug-likeness (QED) is 0.684. The number of amides is 1. The number of hydrogen-bond donors (Lipinski definition) is 2. The SMILES string of the molecule is O=C(CSc1nnc(Nc2ccccc2F)s1)NC(C1CC1)C1CC1. The van der Waals surface area contributed by atoms with E-state index in [0.717, 1.165) is 0 Å². The van der Waals surface area contributed by atoms with Crippen LogP contribution in [0.3, 0.4) is 0 Å². The molecule has 1 heterocycles. The second kappa shape index (κ2) is 7.29. The van der Waals surface area contributed by atoms with Crippen molar-refractivity contribution in [3.63, 3.8) is 0 Å². The Morgan fingerprint density at radius 2 is 1.96 bits per heavy atom. The normalized spacial score (nSPS) is 16.9. The van der Waals surface area contributed by atoms with Crippen LogP contribution in [0.4, 0.5) is 15.2 Å². The number of nitrogens with one attached hydrogen (secondary N) is 2. The number of anilines is 2. The molecule has 0 radical (unpaired) electrons. The second-order valence-corrected chi connectivity index (χ2v) is 8.73. The molecule has 0 spiro atoms. The molecule has 0 aliphatic heterocycles. The van der Waals surface area contributed by atoms with Crippen molar-refractivity contribution in [1.82, 2.24) is 15.5 Å². The predicted molar refractivity (Wildman–Crippen MR) is 97.7 cm³/mol. The van der Waals surface area contributed by atoms with Crippen LogP contribution in [0.2, 0.25) is 0 Å². The molecule has 1 aromatic carbocycles. The molecule has 1 aromatic heterocycles. The summed E-state index contributed by atoms with van der Waals surface area (Å²) in [5.41, 5.74) is 0.365. The van der Waals surface area contributed by atoms with E-state index in [1.165, 1.54) is 54.8 Å². The molecule has 0 atom stereocenters. The summed E-state index contributed by atoms with van der Waals surface area (Å²) in [4.78, 5) is 12.2. The molecular weight excluding hydrogens is 359 g/mol. The van der Waals surface area contributed by atoms with Crippen molar-refractivity contribution >= 4 is 39.8 Å². The molecule has 2 saturated carbocycles. The smallest absolute Gasteiger partial charge is 0.230 e. The van der Waals surface area contributed by atoms with E-state index in [1.807, 2.05) is 0 Å². The zero-order valence-electron chi connectivity index (χ0n) is 13.6. The first-order chi connectivity index (χ1) is 12.2. The van der Waals surface area contributed by atoms with Gasteiger partial charge < -0.3 is 10.6 Å². The van der Waals surface area contributed by atoms with Crippen LogP contribution >= 0.6 is 23.1 Å². The molecule has 132 valence electrons. The fourth-order valence-corrected chi connectivity index (χ4v) is 4.46. The van der Waals surface area contributed by atoms with Crippen molar-refractivity contribution in [3.8, 4) is 0 Å². The predicted octanol–water partition coefficient (Wildman–Crippen LogP) is 3.82. The van der Waals surface area contributed by atoms with Crippen LogP contribution in [0.25, 0.3) is 0 Å². The summed E-state index contributed by atoms with van der Waals surface area (Å²) in [6.07, 6.45) is 4.98. The van der Waals surface area contributed by atoms with Crippen LogP contribution in [-0.4, -0.2) is 27.9 Å². The highest BCUT2D eigenvalue weighted by atomic mass is 32.2. The van der Waals surface area contributed by atoms with E-state index >= 15 is 0 Å². The number of carbonyl (C=O) groups excluding carboxylic acids is 1. The monoisotopic (exact) mass is 378 g/mol. The van der Waals surface area contributed by atoms with Crippen molar-refractivity contribution in [2.24, 2.45) is 11.8 Å². The maximum absolute atomic E-state index is 13.6. The minimum absolute atomic E-state index is 0.0626. The van der Waals surface area contributed by atoms with Gasteiger partial charge in [0.15, 0.2) is 4.34 Å². The number of para-hydroxylation sites is 1. The van der Waals surface area contributed by atoms with Crippen LogP contribution in [0.15, 0.2) is 28.6 Å². The third-order valence-corrected chi connectivity index (χ3v) is 6.41. The summed E-state index contributed by atoms with van der Waals surface area (Å²) in [7, 11) is 0. The van der Waals surface area contributed by atoms with E-state index in [4.69, 9.17) is 0 Å². The molecule has 5 nitrogen and oxygen atoms in total. The highest BCUT2D eigenvalue weighted by Crippen LogP contribution is 2.44. The van der Waals surface area contributed by atoms with Crippen molar-refractivity contribution in [2.75, 3.05) is 11.1 Å². The molecule has 0 saturated heterocycles. The molecule has 1 amide bonds. The molecule has 25 heavy (non-hydrogen) atoms. The molecular formula is C17H19FN4OS2. The molecule has 4 rings (SSSR count). The molecule has 2 aromatic rings. The fourth-order valence-electron chi connectivity index (χ4n) is 2.88. The second-order valence-electron chi connectivity index (χ2n) is 6.53. The van der Waals surface area contributed by atoms with Gasteiger partial charge in [-0.1, -0.05) is 35.2 Å². The van der Waals surface area contributed by atoms with Crippen molar-refractivity contribution in [2.45, 2.75) is 36.1 Å². The van der Waals surface area contributed by atoms with E-state index in [0.29, 0.717) is 38.8 Å². The van der Waals surface area contributed by atoms with Crippen LogP contribution in [0, 0.1) is 17.7 Å². The summed E-state index contributed by atoms with van der Waals surface area (Å²) >= 11 is 2.69. The lowest BCUT2D eigenvalue weighted by Crippen LogP contribution is -2.39. The summed E-state index contributed by atoms with van der Waals surface area (Å²) in [6, 6.07) is 6.80. The van der Waals surface area contributed by atoms with Gasteiger partial charge in [-0.05, 0) is 49.7 Å². The van der Waals surface area contributed by atoms with E-state index < -0.39 is 0 Å². The molecule has 2 aliphatic carbocycles. The van der Waals surface area contributed by atoms with Gasteiger partial charge in [-0.3, -0.25) is 4.79 Å². The Balaban J connectivity index is 1.27. The van der Waals surface area contributed by atoms with Gasteiger partial charge in [0.25, 0.3) is 0 Å². The van der Waals surface area contributed by atoms with Crippen LogP contribution in [-0.2, 0) is 4.79 Å². The minimum Gasteiger partial charge on any atom is -0.352 e. The Hall–Kier alpha value is -1.67. The number of rotatable bonds is 8. The standard InChI is InChI=1S/C17H19FN4OS2/c18-12-3-1-2-4-13(12)19-16-21-22-17(25-16)24-9-14(23)20-15(10-5-6-10)11-7-8-11/h1-4,10-11,15H,5-9H2,(H,19,21)(H,20,23). The number of nitrogens with zero attached hydrogens (tertiary/aromatic N) is 2. The highest BCUT2D eigenvalue weighted by molar-refractivity contribution is 8.01. The van der Waals surface area contributed by atoms with Crippen LogP contribution in [0.5, 0.6) is 0 Å². The molecule has 2 N–H and O–H groups in total. The summed E-state index contributed by atoms with van der Waals surface area (Å²) in [5.74, 6) is 1.45. The maximum Gasteiger partial charge on any atom is 0.230 e. The first kappa shape index (κ1) is 16.8. The molecule has 8 heteroatoms. The van der Waals surface area contributed by atoms with Gasteiger partial charge in [0.1, 0.15) is 5.82 Å². The van der Waals surface area contributed by atoms with Gasteiger partial charge in [-0.2, -0.15) is 0 Å². The maximum atomic E-state index is 13.6. The van der Waals surface area contributed by atoms with E-state index in [9.17, 15) is 9.18 Å². The van der Waals surface area contributed by atoms with Crippen LogP contribution in [0.1, 0.15) is 25.7 Å². The molecule has 2 aliphatic rings. The summed E-state index contributed by atoms with van der Waals surface area (Å²) in [6.45, 7) is 0. The summed E-state index contributed by atoms with van der Waals surface area (Å²) in [5, 5.41) is 14.7. The van der Waals surface area contributed by atoms with Crippen LogP contribution < -0.4 is 10.6 Å². The minimum atomic E-state index is -0.336. The topological polar surface area (TPSA) is 66.9 Å². The first-order valence-electron chi connectivity index (χ1n) is 8.46. The number of hydrogen-bond acceptors (Lipinski definition) is 6. The number of aromatic nitrogens is 2. The first-order valence-corrected chi connectivity index (χ1v) is 10.3. The van der Waals surface area contributed by atoms with Gasteiger partial charge in [-0.15, -0.1) is 10.2 Å². The van der Waals surface area contributed by atoms with E-state index in [2.05, 4.69) is 20.8 Å². The molecule has 0 bridgehead atoms. The van der Waals surface area contributed by atoms with Crippen molar-refractivity contribution in [1.29, 1.82) is 0 Å². The Morgan fingerprint density at radius 3 is 2.64 bits per heavy atom. The third-order valence-electron chi connectivity index (χ3n) is 4.44. The third kappa shape index (κ3) is 4.49. The number of benzene rings is 1. The van der Waals surface area contributed by atoms with E-state index in [-0.39, 0.29) is 11.7 Å². The summed E-state index contributed by atoms with van der Waals surface area (Å²) < 4.78 is 14.3. The van der Waals surface area contributed by atoms with Gasteiger partial charge in [0, 0.05) is 6.04 Å². The number of thioether (sulfide) groups is 1. The van der Waals surface area contributed by atoms with Gasteiger partial charge >= 0.3 is 0 Å². The van der Waals surface area contributed by atoms with Gasteiger partial charge in [0.2, 0.25) is 11.0 Å². The average Bonchev–Trinajstić information content (AvgIpc) is 3.52. The average molecular weight is 378 g/mol. The lowest BCUT2D eigenvalue weighted by atomic mass is 10.1. The Bertz CT molecular complexity index is 749. The lowest BCUT2D eigenvalue weighted by molar-refractivity contribution is -0.119. The Labute approximate surface area is 153 Å². The largest absolute Gasteiger partial charge is 0.352 e. The Morgan fingerprint density at radius 1 is 1.24 bits per heavy atom.